The molecule has 0 aromatic carbocycles. The molecule has 0 saturated carbocycles. The minimum absolute atomic E-state index is 0.142. The van der Waals surface area contributed by atoms with E-state index in [0.29, 0.717) is 0 Å². The molecule has 0 N–H and O–H groups in total. The van der Waals surface area contributed by atoms with Crippen molar-refractivity contribution >= 4 is 0 Å². The van der Waals surface area contributed by atoms with Gasteiger partial charge in [-0.25, -0.2) is 4.39 Å². The fourth-order valence-corrected chi connectivity index (χ4v) is 1.36. The van der Waals surface area contributed by atoms with Gasteiger partial charge in [0.05, 0.1) is 0 Å². The number of likely N-dealkylation sites (N-methyl/N-ethyl adjacent to an activating group) is 1. The van der Waals surface area contributed by atoms with Gasteiger partial charge in [0.25, 0.3) is 0 Å². The Morgan fingerprint density at radius 2 is 2.45 bits per heavy atom. The molecule has 0 aromatic rings. The minimum atomic E-state index is -0.211. The first-order chi connectivity index (χ1) is 5.24. The number of halogens is 1. The van der Waals surface area contributed by atoms with Gasteiger partial charge in [-0.15, -0.1) is 0 Å². The molecule has 1 aliphatic rings. The quantitative estimate of drug-likeness (QED) is 0.526. The van der Waals surface area contributed by atoms with Gasteiger partial charge in [0.2, 0.25) is 0 Å². The highest BCUT2D eigenvalue weighted by molar-refractivity contribution is 5.02. The number of hydrogen-bond acceptors (Lipinski definition) is 1. The average Bonchev–Trinajstić information content (AvgIpc) is 2.15. The van der Waals surface area contributed by atoms with E-state index < -0.39 is 0 Å². The summed E-state index contributed by atoms with van der Waals surface area (Å²) in [5.41, 5.74) is 1.40. The lowest BCUT2D eigenvalue weighted by molar-refractivity contribution is 0.213. The smallest absolute Gasteiger partial charge is 0.105 e. The zero-order valence-electron chi connectivity index (χ0n) is 7.31. The number of hydrogen-bond donors (Lipinski definition) is 0. The molecule has 1 rings (SSSR count). The summed E-state index contributed by atoms with van der Waals surface area (Å²) in [4.78, 5) is 2.08. The van der Waals surface area contributed by atoms with Crippen LogP contribution < -0.4 is 0 Å². The first kappa shape index (κ1) is 8.72. The number of nitrogens with zero attached hydrogens (tertiary/aromatic N) is 1. The van der Waals surface area contributed by atoms with Crippen LogP contribution in [0.1, 0.15) is 19.8 Å². The molecule has 0 aromatic heterocycles. The Bertz CT molecular complexity index is 154. The first-order valence-corrected chi connectivity index (χ1v) is 4.16. The van der Waals surface area contributed by atoms with E-state index in [4.69, 9.17) is 0 Å². The Morgan fingerprint density at radius 3 is 3.09 bits per heavy atom. The van der Waals surface area contributed by atoms with Crippen LogP contribution in [0.25, 0.3) is 0 Å². The third-order valence-corrected chi connectivity index (χ3v) is 2.40. The molecule has 11 heavy (non-hydrogen) atoms. The van der Waals surface area contributed by atoms with Crippen LogP contribution in [-0.2, 0) is 0 Å². The summed E-state index contributed by atoms with van der Waals surface area (Å²) in [6, 6.07) is 0.142. The maximum Gasteiger partial charge on any atom is 0.105 e. The van der Waals surface area contributed by atoms with Crippen LogP contribution in [0.3, 0.4) is 0 Å². The summed E-state index contributed by atoms with van der Waals surface area (Å²) < 4.78 is 12.4. The van der Waals surface area contributed by atoms with Crippen molar-refractivity contribution in [3.05, 3.63) is 11.6 Å². The Kier molecular flexibility index (Phi) is 3.06. The van der Waals surface area contributed by atoms with E-state index in [0.717, 1.165) is 19.4 Å². The monoisotopic (exact) mass is 157 g/mol. The molecule has 0 bridgehead atoms. The normalized spacial score (nSPS) is 27.9. The van der Waals surface area contributed by atoms with Crippen LogP contribution in [0, 0.1) is 0 Å². The molecule has 0 radical (unpaired) electrons. The largest absolute Gasteiger partial charge is 0.297 e. The van der Waals surface area contributed by atoms with Gasteiger partial charge in [0, 0.05) is 12.6 Å². The summed E-state index contributed by atoms with van der Waals surface area (Å²) in [5.74, 6) is 0. The fraction of sp³-hybridized carbons (Fsp3) is 0.778. The Morgan fingerprint density at radius 1 is 1.73 bits per heavy atom. The van der Waals surface area contributed by atoms with Crippen molar-refractivity contribution in [2.24, 2.45) is 0 Å². The van der Waals surface area contributed by atoms with Crippen molar-refractivity contribution in [2.75, 3.05) is 20.3 Å². The second-order valence-corrected chi connectivity index (χ2v) is 3.34. The molecule has 0 unspecified atom stereocenters. The zero-order valence-corrected chi connectivity index (χ0v) is 7.31. The zero-order chi connectivity index (χ0) is 8.27. The van der Waals surface area contributed by atoms with E-state index in [1.165, 1.54) is 5.57 Å². The molecule has 0 saturated heterocycles. The van der Waals surface area contributed by atoms with Crippen LogP contribution >= 0.6 is 0 Å². The SMILES string of the molecule is CC1=CCN(C)[C@H](CF)CC1. The van der Waals surface area contributed by atoms with Gasteiger partial charge >= 0.3 is 0 Å². The minimum Gasteiger partial charge on any atom is -0.297 e. The van der Waals surface area contributed by atoms with Crippen LogP contribution in [0.2, 0.25) is 0 Å². The van der Waals surface area contributed by atoms with Crippen molar-refractivity contribution in [3.63, 3.8) is 0 Å². The fourth-order valence-electron chi connectivity index (χ4n) is 1.36. The third-order valence-electron chi connectivity index (χ3n) is 2.40. The maximum atomic E-state index is 12.4. The third kappa shape index (κ3) is 2.29. The van der Waals surface area contributed by atoms with E-state index >= 15 is 0 Å². The molecule has 1 aliphatic heterocycles. The van der Waals surface area contributed by atoms with Gasteiger partial charge in [-0.2, -0.15) is 0 Å². The predicted molar refractivity (Wildman–Crippen MR) is 45.4 cm³/mol. The van der Waals surface area contributed by atoms with Crippen molar-refractivity contribution in [1.82, 2.24) is 4.90 Å². The van der Waals surface area contributed by atoms with E-state index in [-0.39, 0.29) is 12.7 Å². The van der Waals surface area contributed by atoms with Gasteiger partial charge in [-0.1, -0.05) is 11.6 Å². The summed E-state index contributed by atoms with van der Waals surface area (Å²) in [6.07, 6.45) is 4.21. The van der Waals surface area contributed by atoms with Crippen molar-refractivity contribution < 1.29 is 4.39 Å². The van der Waals surface area contributed by atoms with Gasteiger partial charge in [0.1, 0.15) is 6.67 Å². The molecular weight excluding hydrogens is 141 g/mol. The molecule has 1 nitrogen and oxygen atoms in total. The predicted octanol–water partition coefficient (Wildman–Crippen LogP) is 2.00. The second-order valence-electron chi connectivity index (χ2n) is 3.34. The second kappa shape index (κ2) is 3.86. The van der Waals surface area contributed by atoms with Crippen LogP contribution in [0.5, 0.6) is 0 Å². The number of alkyl halides is 1. The van der Waals surface area contributed by atoms with Crippen LogP contribution in [-0.4, -0.2) is 31.2 Å². The molecule has 0 amide bonds. The first-order valence-electron chi connectivity index (χ1n) is 4.16. The highest BCUT2D eigenvalue weighted by atomic mass is 19.1. The van der Waals surface area contributed by atoms with E-state index in [9.17, 15) is 4.39 Å². The summed E-state index contributed by atoms with van der Waals surface area (Å²) in [5, 5.41) is 0. The topological polar surface area (TPSA) is 3.24 Å². The van der Waals surface area contributed by atoms with Crippen molar-refractivity contribution in [3.8, 4) is 0 Å². The lowest BCUT2D eigenvalue weighted by Gasteiger charge is -2.21. The molecule has 64 valence electrons. The average molecular weight is 157 g/mol. The highest BCUT2D eigenvalue weighted by Gasteiger charge is 2.15. The Balaban J connectivity index is 2.51. The molecule has 0 spiro atoms. The van der Waals surface area contributed by atoms with Crippen molar-refractivity contribution in [2.45, 2.75) is 25.8 Å². The molecule has 1 heterocycles. The van der Waals surface area contributed by atoms with Gasteiger partial charge in [0.15, 0.2) is 0 Å². The van der Waals surface area contributed by atoms with Gasteiger partial charge < -0.3 is 0 Å². The lowest BCUT2D eigenvalue weighted by atomic mass is 10.1. The van der Waals surface area contributed by atoms with Gasteiger partial charge in [-0.3, -0.25) is 4.90 Å². The maximum absolute atomic E-state index is 12.4. The Hall–Kier alpha value is -0.370. The van der Waals surface area contributed by atoms with E-state index in [2.05, 4.69) is 17.9 Å². The van der Waals surface area contributed by atoms with Crippen molar-refractivity contribution in [1.29, 1.82) is 0 Å². The highest BCUT2D eigenvalue weighted by Crippen LogP contribution is 2.15. The van der Waals surface area contributed by atoms with E-state index in [1.807, 2.05) is 7.05 Å². The molecule has 0 fully saturated rings. The number of allylic oxidation sites excluding steroid dienone is 1. The summed E-state index contributed by atoms with van der Waals surface area (Å²) in [6.45, 7) is 2.81. The van der Waals surface area contributed by atoms with Crippen LogP contribution in [0.15, 0.2) is 11.6 Å². The Labute approximate surface area is 67.9 Å². The molecule has 2 heteroatoms. The van der Waals surface area contributed by atoms with Crippen LogP contribution in [0.4, 0.5) is 4.39 Å². The van der Waals surface area contributed by atoms with E-state index in [1.54, 1.807) is 0 Å². The summed E-state index contributed by atoms with van der Waals surface area (Å²) in [7, 11) is 1.99. The molecular formula is C9H16FN. The summed E-state index contributed by atoms with van der Waals surface area (Å²) >= 11 is 0. The number of rotatable bonds is 1. The lowest BCUT2D eigenvalue weighted by Crippen LogP contribution is -2.32. The molecule has 1 atom stereocenters. The van der Waals surface area contributed by atoms with Gasteiger partial charge in [-0.05, 0) is 26.8 Å². The molecule has 0 aliphatic carbocycles. The standard InChI is InChI=1S/C9H16FN/c1-8-3-4-9(7-10)11(2)6-5-8/h5,9H,3-4,6-7H2,1-2H3/t9-/m0/s1.